The molecule has 0 fully saturated rings. The molecule has 0 aliphatic carbocycles. The molecule has 2 atom stereocenters. The minimum absolute atomic E-state index is 0.0419. The van der Waals surface area contributed by atoms with Crippen molar-refractivity contribution < 1.29 is 53.7 Å². The Morgan fingerprint density at radius 3 is 2.02 bits per heavy atom. The Hall–Kier alpha value is -6.20. The van der Waals surface area contributed by atoms with Gasteiger partial charge >= 0.3 is 0 Å². The van der Waals surface area contributed by atoms with E-state index in [0.29, 0.717) is 52.4 Å². The zero-order chi connectivity index (χ0) is 39.1. The summed E-state index contributed by atoms with van der Waals surface area (Å²) in [7, 11) is 10.4. The summed E-state index contributed by atoms with van der Waals surface area (Å²) in [5, 5.41) is 31.0. The predicted octanol–water partition coefficient (Wildman–Crippen LogP) is 5.94. The Morgan fingerprint density at radius 2 is 1.41 bits per heavy atom. The second-order valence-electron chi connectivity index (χ2n) is 12.3. The molecule has 0 aromatic heterocycles. The summed E-state index contributed by atoms with van der Waals surface area (Å²) >= 11 is 0. The number of methoxy groups -OCH3 is 5. The molecule has 0 spiro atoms. The minimum Gasteiger partial charge on any atom is -0.493 e. The van der Waals surface area contributed by atoms with Gasteiger partial charge in [-0.25, -0.2) is 0 Å². The first-order valence-corrected chi connectivity index (χ1v) is 16.7. The fourth-order valence-corrected chi connectivity index (χ4v) is 7.15. The minimum atomic E-state index is -1.50. The molecule has 4 aromatic carbocycles. The highest BCUT2D eigenvalue weighted by Crippen LogP contribution is 2.56. The van der Waals surface area contributed by atoms with Gasteiger partial charge in [0.1, 0.15) is 5.75 Å². The Bertz CT molecular complexity index is 1970. The van der Waals surface area contributed by atoms with Crippen LogP contribution in [-0.2, 0) is 19.3 Å². The lowest BCUT2D eigenvalue weighted by molar-refractivity contribution is -0.742. The first kappa shape index (κ1) is 39.0. The molecule has 0 saturated heterocycles. The average molecular weight is 751 g/mol. The lowest BCUT2D eigenvalue weighted by Gasteiger charge is -2.37. The lowest BCUT2D eigenvalue weighted by atomic mass is 9.86. The van der Waals surface area contributed by atoms with E-state index in [4.69, 9.17) is 63.8 Å². The largest absolute Gasteiger partial charge is 0.493 e. The fourth-order valence-electron chi connectivity index (χ4n) is 7.15. The van der Waals surface area contributed by atoms with Gasteiger partial charge in [0.2, 0.25) is 11.5 Å². The monoisotopic (exact) mass is 750 g/mol. The number of nitrogens with one attached hydrogen (secondary N) is 1. The molecule has 8 rings (SSSR count). The van der Waals surface area contributed by atoms with Gasteiger partial charge < -0.3 is 48.9 Å². The van der Waals surface area contributed by atoms with Gasteiger partial charge in [-0.3, -0.25) is 4.90 Å². The van der Waals surface area contributed by atoms with Crippen molar-refractivity contribution in [3.8, 4) is 51.7 Å². The molecule has 17 heteroatoms. The number of hydrogen-bond donors (Lipinski definition) is 3. The number of likely N-dealkylation sites (N-methyl/N-ethyl adjacent to an activating group) is 1. The van der Waals surface area contributed by atoms with Gasteiger partial charge in [0.15, 0.2) is 34.5 Å². The first-order valence-electron chi connectivity index (χ1n) is 16.7. The van der Waals surface area contributed by atoms with E-state index in [2.05, 4.69) is 53.7 Å². The van der Waals surface area contributed by atoms with E-state index >= 15 is 0 Å². The van der Waals surface area contributed by atoms with Crippen LogP contribution < -0.4 is 38.5 Å². The molecular weight excluding hydrogens is 708 g/mol. The predicted molar refractivity (Wildman–Crippen MR) is 193 cm³/mol. The number of fused-ring (bicyclic) bond motifs is 2. The fraction of sp³-hybridized carbons (Fsp3) is 0.351. The molecular formula is C37H42N4O13. The van der Waals surface area contributed by atoms with Crippen LogP contribution in [0.3, 0.4) is 0 Å². The van der Waals surface area contributed by atoms with Crippen molar-refractivity contribution in [1.82, 2.24) is 10.2 Å². The average Bonchev–Trinajstić information content (AvgIpc) is 3.14. The Balaban J connectivity index is 0.000000640. The quantitative estimate of drug-likeness (QED) is 0.159. The van der Waals surface area contributed by atoms with Crippen molar-refractivity contribution in [2.75, 3.05) is 55.7 Å². The SMILES string of the molecule is COc1ccc2cc1Oc1ccc(cc1)C1NCCc3cc(OC)c(cc31)Oc1c(OC)c(OC)c(OC)c3c1C(C2)N(C)CC3.O=[N+]([O-])O.O=[N+]([O-])O. The summed E-state index contributed by atoms with van der Waals surface area (Å²) in [6, 6.07) is 18.4. The summed E-state index contributed by atoms with van der Waals surface area (Å²) < 4.78 is 43.2. The molecule has 3 N–H and O–H groups in total. The molecule has 6 bridgehead atoms. The molecule has 17 nitrogen and oxygen atoms in total. The van der Waals surface area contributed by atoms with Crippen LogP contribution in [0.25, 0.3) is 0 Å². The van der Waals surface area contributed by atoms with Crippen LogP contribution in [0.4, 0.5) is 0 Å². The third kappa shape index (κ3) is 8.21. The smallest absolute Gasteiger partial charge is 0.291 e. The number of nitrogens with zero attached hydrogens (tertiary/aromatic N) is 3. The van der Waals surface area contributed by atoms with E-state index in [-0.39, 0.29) is 12.1 Å². The molecule has 54 heavy (non-hydrogen) atoms. The molecule has 4 aromatic rings. The molecule has 0 radical (unpaired) electrons. The number of ether oxygens (including phenoxy) is 7. The van der Waals surface area contributed by atoms with Crippen molar-refractivity contribution >= 4 is 0 Å². The van der Waals surface area contributed by atoms with Gasteiger partial charge in [-0.1, -0.05) is 18.2 Å². The van der Waals surface area contributed by atoms with Gasteiger partial charge in [0.25, 0.3) is 10.2 Å². The van der Waals surface area contributed by atoms with E-state index < -0.39 is 10.2 Å². The summed E-state index contributed by atoms with van der Waals surface area (Å²) in [5.41, 5.74) is 6.58. The zero-order valence-corrected chi connectivity index (χ0v) is 30.6. The van der Waals surface area contributed by atoms with Crippen LogP contribution in [-0.4, -0.2) is 81.2 Å². The van der Waals surface area contributed by atoms with Gasteiger partial charge in [0, 0.05) is 30.3 Å². The summed E-state index contributed by atoms with van der Waals surface area (Å²) in [6.07, 6.45) is 2.30. The topological polar surface area (TPSA) is 207 Å². The highest BCUT2D eigenvalue weighted by atomic mass is 16.9. The van der Waals surface area contributed by atoms with Crippen molar-refractivity contribution in [1.29, 1.82) is 0 Å². The van der Waals surface area contributed by atoms with E-state index in [1.807, 2.05) is 18.2 Å². The van der Waals surface area contributed by atoms with Crippen LogP contribution in [0.1, 0.15) is 45.5 Å². The van der Waals surface area contributed by atoms with E-state index in [0.717, 1.165) is 59.5 Å². The standard InChI is InChI=1S/C37H40N2O7.2HNO3/c1-39-16-14-25-32-27(39)17-21-7-12-28(40-2)30(18-21)45-24-10-8-22(9-11-24)33-26-20-31(29(41-3)19-23(26)13-15-38-33)46-35(32)37(44-6)36(43-5)34(25)42-4;2*2-1(3)4/h7-12,18-20,27,33,38H,13-17H2,1-6H3;2*(H,2,3,4). The number of rotatable bonds is 5. The van der Waals surface area contributed by atoms with Gasteiger partial charge in [-0.15, -0.1) is 20.2 Å². The molecule has 2 unspecified atom stereocenters. The number of benzene rings is 4. The van der Waals surface area contributed by atoms with Crippen molar-refractivity contribution in [2.24, 2.45) is 0 Å². The van der Waals surface area contributed by atoms with Gasteiger partial charge in [-0.2, -0.15) is 0 Å². The van der Waals surface area contributed by atoms with E-state index in [1.165, 1.54) is 5.56 Å². The van der Waals surface area contributed by atoms with Crippen molar-refractivity contribution in [3.05, 3.63) is 108 Å². The molecule has 0 amide bonds. The molecule has 4 aliphatic heterocycles. The van der Waals surface area contributed by atoms with Crippen molar-refractivity contribution in [3.63, 3.8) is 0 Å². The van der Waals surface area contributed by atoms with Crippen LogP contribution in [0.15, 0.2) is 54.6 Å². The molecule has 4 aliphatic rings. The lowest BCUT2D eigenvalue weighted by Crippen LogP contribution is -2.34. The summed E-state index contributed by atoms with van der Waals surface area (Å²) in [5.74, 6) is 5.55. The normalized spacial score (nSPS) is 16.6. The molecule has 4 heterocycles. The van der Waals surface area contributed by atoms with Gasteiger partial charge in [0.05, 0.1) is 41.6 Å². The van der Waals surface area contributed by atoms with Crippen LogP contribution in [0.2, 0.25) is 0 Å². The maximum atomic E-state index is 8.36. The second kappa shape index (κ2) is 17.1. The highest BCUT2D eigenvalue weighted by molar-refractivity contribution is 5.70. The third-order valence-electron chi connectivity index (χ3n) is 9.44. The summed E-state index contributed by atoms with van der Waals surface area (Å²) in [6.45, 7) is 1.67. The van der Waals surface area contributed by atoms with E-state index in [9.17, 15) is 0 Å². The Labute approximate surface area is 310 Å². The molecule has 0 saturated carbocycles. The van der Waals surface area contributed by atoms with Gasteiger partial charge in [-0.05, 0) is 85.0 Å². The molecule has 288 valence electrons. The summed E-state index contributed by atoms with van der Waals surface area (Å²) in [4.78, 5) is 19.1. The van der Waals surface area contributed by atoms with Crippen LogP contribution in [0, 0.1) is 20.2 Å². The Kier molecular flexibility index (Phi) is 12.3. The van der Waals surface area contributed by atoms with E-state index in [1.54, 1.807) is 35.5 Å². The van der Waals surface area contributed by atoms with Crippen LogP contribution >= 0.6 is 0 Å². The Morgan fingerprint density at radius 1 is 0.778 bits per heavy atom. The maximum Gasteiger partial charge on any atom is 0.291 e. The van der Waals surface area contributed by atoms with Crippen molar-refractivity contribution in [2.45, 2.75) is 31.3 Å². The third-order valence-corrected chi connectivity index (χ3v) is 9.44. The highest BCUT2D eigenvalue weighted by Gasteiger charge is 2.37. The zero-order valence-electron chi connectivity index (χ0n) is 30.6. The maximum absolute atomic E-state index is 8.36. The first-order chi connectivity index (χ1) is 25.9. The number of hydrogen-bond acceptors (Lipinski definition) is 13. The van der Waals surface area contributed by atoms with Crippen LogP contribution in [0.5, 0.6) is 51.7 Å². The second-order valence-corrected chi connectivity index (χ2v) is 12.3.